The lowest BCUT2D eigenvalue weighted by Gasteiger charge is -2.32. The number of benzene rings is 1. The molecule has 1 aromatic rings. The maximum Gasteiger partial charge on any atom is 0.218 e. The molecule has 0 bridgehead atoms. The van der Waals surface area contributed by atoms with Gasteiger partial charge in [-0.1, -0.05) is 36.4 Å². The van der Waals surface area contributed by atoms with Crippen LogP contribution < -0.4 is 5.19 Å². The van der Waals surface area contributed by atoms with E-state index >= 15 is 0 Å². The van der Waals surface area contributed by atoms with Crippen molar-refractivity contribution in [3.63, 3.8) is 0 Å². The molecule has 94 valence electrons. The molecule has 0 aliphatic rings. The van der Waals surface area contributed by atoms with Gasteiger partial charge in [-0.15, -0.1) is 0 Å². The standard InChI is InChI=1S/C15H24OSi/c1-12(2)13-8-10-14(11-9-13)17(6,7)16-15(3,4)5/h8-11H,1H2,2-7H3. The molecule has 0 saturated heterocycles. The van der Waals surface area contributed by atoms with Crippen molar-refractivity contribution in [2.45, 2.75) is 46.4 Å². The number of rotatable bonds is 3. The van der Waals surface area contributed by atoms with Crippen molar-refractivity contribution in [3.05, 3.63) is 36.4 Å². The van der Waals surface area contributed by atoms with Crippen LogP contribution in [0.15, 0.2) is 30.8 Å². The summed E-state index contributed by atoms with van der Waals surface area (Å²) in [5.41, 5.74) is 2.23. The highest BCUT2D eigenvalue weighted by Gasteiger charge is 2.30. The average molecular weight is 248 g/mol. The zero-order chi connectivity index (χ0) is 13.3. The molecule has 0 saturated carbocycles. The lowest BCUT2D eigenvalue weighted by Crippen LogP contribution is -2.49. The van der Waals surface area contributed by atoms with E-state index in [2.05, 4.69) is 64.7 Å². The minimum atomic E-state index is -1.80. The van der Waals surface area contributed by atoms with Crippen molar-refractivity contribution in [1.82, 2.24) is 0 Å². The molecule has 0 unspecified atom stereocenters. The summed E-state index contributed by atoms with van der Waals surface area (Å²) >= 11 is 0. The van der Waals surface area contributed by atoms with Crippen molar-refractivity contribution >= 4 is 19.1 Å². The molecule has 0 aromatic heterocycles. The fourth-order valence-corrected chi connectivity index (χ4v) is 4.60. The van der Waals surface area contributed by atoms with Crippen LogP contribution in [0.25, 0.3) is 5.57 Å². The maximum absolute atomic E-state index is 6.23. The van der Waals surface area contributed by atoms with Gasteiger partial charge in [0.2, 0.25) is 8.32 Å². The molecule has 0 amide bonds. The Balaban J connectivity index is 2.96. The van der Waals surface area contributed by atoms with Crippen molar-refractivity contribution in [3.8, 4) is 0 Å². The summed E-state index contributed by atoms with van der Waals surface area (Å²) in [6.07, 6.45) is 0. The van der Waals surface area contributed by atoms with Crippen LogP contribution in [0.1, 0.15) is 33.3 Å². The van der Waals surface area contributed by atoms with Crippen molar-refractivity contribution < 1.29 is 4.43 Å². The van der Waals surface area contributed by atoms with Crippen molar-refractivity contribution in [2.24, 2.45) is 0 Å². The van der Waals surface area contributed by atoms with E-state index in [0.29, 0.717) is 0 Å². The highest BCUT2D eigenvalue weighted by atomic mass is 28.4. The second-order valence-electron chi connectivity index (χ2n) is 6.08. The zero-order valence-electron chi connectivity index (χ0n) is 11.9. The molecule has 0 radical (unpaired) electrons. The highest BCUT2D eigenvalue weighted by molar-refractivity contribution is 6.84. The van der Waals surface area contributed by atoms with E-state index in [1.54, 1.807) is 0 Å². The van der Waals surface area contributed by atoms with E-state index in [1.807, 2.05) is 6.92 Å². The highest BCUT2D eigenvalue weighted by Crippen LogP contribution is 2.18. The maximum atomic E-state index is 6.23. The molecule has 1 rings (SSSR count). The van der Waals surface area contributed by atoms with Gasteiger partial charge in [0, 0.05) is 5.60 Å². The molecular weight excluding hydrogens is 224 g/mol. The predicted octanol–water partition coefficient (Wildman–Crippen LogP) is 3.95. The van der Waals surface area contributed by atoms with Crippen LogP contribution in [0.3, 0.4) is 0 Å². The summed E-state index contributed by atoms with van der Waals surface area (Å²) in [4.78, 5) is 0. The van der Waals surface area contributed by atoms with Gasteiger partial charge in [0.1, 0.15) is 0 Å². The molecule has 0 N–H and O–H groups in total. The van der Waals surface area contributed by atoms with Gasteiger partial charge in [-0.2, -0.15) is 0 Å². The second kappa shape index (κ2) is 4.79. The molecule has 0 heterocycles. The summed E-state index contributed by atoms with van der Waals surface area (Å²) in [6, 6.07) is 8.64. The van der Waals surface area contributed by atoms with Gasteiger partial charge in [-0.3, -0.25) is 0 Å². The zero-order valence-corrected chi connectivity index (χ0v) is 12.9. The molecule has 2 heteroatoms. The van der Waals surface area contributed by atoms with Crippen LogP contribution in [0.2, 0.25) is 13.1 Å². The predicted molar refractivity (Wildman–Crippen MR) is 79.1 cm³/mol. The first-order valence-electron chi connectivity index (χ1n) is 6.08. The molecule has 1 aromatic carbocycles. The van der Waals surface area contributed by atoms with Crippen LogP contribution in [0.5, 0.6) is 0 Å². The third-order valence-corrected chi connectivity index (χ3v) is 5.48. The van der Waals surface area contributed by atoms with E-state index in [0.717, 1.165) is 5.57 Å². The molecule has 0 aliphatic heterocycles. The van der Waals surface area contributed by atoms with E-state index in [9.17, 15) is 0 Å². The minimum Gasteiger partial charge on any atom is -0.408 e. The second-order valence-corrected chi connectivity index (χ2v) is 9.88. The SMILES string of the molecule is C=C(C)c1ccc([Si](C)(C)OC(C)(C)C)cc1. The van der Waals surface area contributed by atoms with E-state index in [1.165, 1.54) is 10.8 Å². The van der Waals surface area contributed by atoms with Crippen LogP contribution in [0, 0.1) is 0 Å². The quantitative estimate of drug-likeness (QED) is 0.736. The van der Waals surface area contributed by atoms with Crippen LogP contribution in [-0.2, 0) is 4.43 Å². The van der Waals surface area contributed by atoms with Gasteiger partial charge in [-0.05, 0) is 51.5 Å². The molecule has 17 heavy (non-hydrogen) atoms. The Morgan fingerprint density at radius 3 is 1.94 bits per heavy atom. The smallest absolute Gasteiger partial charge is 0.218 e. The lowest BCUT2D eigenvalue weighted by molar-refractivity contribution is 0.125. The first-order chi connectivity index (χ1) is 7.62. The summed E-state index contributed by atoms with van der Waals surface area (Å²) in [6.45, 7) is 16.8. The van der Waals surface area contributed by atoms with Crippen LogP contribution in [0.4, 0.5) is 0 Å². The summed E-state index contributed by atoms with van der Waals surface area (Å²) < 4.78 is 6.23. The largest absolute Gasteiger partial charge is 0.408 e. The number of allylic oxidation sites excluding steroid dienone is 1. The fourth-order valence-electron chi connectivity index (χ4n) is 1.98. The first kappa shape index (κ1) is 14.2. The Morgan fingerprint density at radius 1 is 1.12 bits per heavy atom. The Hall–Kier alpha value is -0.863. The topological polar surface area (TPSA) is 9.23 Å². The van der Waals surface area contributed by atoms with E-state index in [-0.39, 0.29) is 5.60 Å². The molecule has 1 nitrogen and oxygen atoms in total. The van der Waals surface area contributed by atoms with Gasteiger partial charge in [-0.25, -0.2) is 0 Å². The molecular formula is C15H24OSi. The lowest BCUT2D eigenvalue weighted by atomic mass is 10.1. The normalized spacial score (nSPS) is 12.6. The molecule has 0 spiro atoms. The Labute approximate surface area is 107 Å². The number of hydrogen-bond donors (Lipinski definition) is 0. The summed E-state index contributed by atoms with van der Waals surface area (Å²) in [5, 5.41) is 1.33. The van der Waals surface area contributed by atoms with Gasteiger partial charge < -0.3 is 4.43 Å². The molecule has 0 fully saturated rings. The first-order valence-corrected chi connectivity index (χ1v) is 8.99. The fraction of sp³-hybridized carbons (Fsp3) is 0.467. The molecule has 0 atom stereocenters. The minimum absolute atomic E-state index is 0.0806. The van der Waals surface area contributed by atoms with Gasteiger partial charge in [0.05, 0.1) is 0 Å². The summed E-state index contributed by atoms with van der Waals surface area (Å²) in [7, 11) is -1.80. The molecule has 0 aliphatic carbocycles. The van der Waals surface area contributed by atoms with Crippen molar-refractivity contribution in [1.29, 1.82) is 0 Å². The number of hydrogen-bond acceptors (Lipinski definition) is 1. The van der Waals surface area contributed by atoms with Gasteiger partial charge in [0.15, 0.2) is 0 Å². The average Bonchev–Trinajstić information content (AvgIpc) is 2.14. The van der Waals surface area contributed by atoms with Crippen LogP contribution >= 0.6 is 0 Å². The third kappa shape index (κ3) is 4.13. The van der Waals surface area contributed by atoms with E-state index < -0.39 is 8.32 Å². The summed E-state index contributed by atoms with van der Waals surface area (Å²) in [5.74, 6) is 0. The third-order valence-electron chi connectivity index (χ3n) is 2.63. The van der Waals surface area contributed by atoms with Crippen LogP contribution in [-0.4, -0.2) is 13.9 Å². The van der Waals surface area contributed by atoms with E-state index in [4.69, 9.17) is 4.43 Å². The van der Waals surface area contributed by atoms with Gasteiger partial charge in [0.25, 0.3) is 0 Å². The Bertz CT molecular complexity index is 396. The monoisotopic (exact) mass is 248 g/mol. The Morgan fingerprint density at radius 2 is 1.59 bits per heavy atom. The van der Waals surface area contributed by atoms with Crippen molar-refractivity contribution in [2.75, 3.05) is 0 Å². The van der Waals surface area contributed by atoms with Gasteiger partial charge >= 0.3 is 0 Å². The Kier molecular flexibility index (Phi) is 4.00.